The minimum atomic E-state index is -0.545. The molecule has 9 nitrogen and oxygen atoms in total. The summed E-state index contributed by atoms with van der Waals surface area (Å²) >= 11 is 0. The zero-order chi connectivity index (χ0) is 29.4. The summed E-state index contributed by atoms with van der Waals surface area (Å²) < 4.78 is 5.59. The highest BCUT2D eigenvalue weighted by Crippen LogP contribution is 2.31. The molecule has 41 heavy (non-hydrogen) atoms. The maximum Gasteiger partial charge on any atom is 0.251 e. The van der Waals surface area contributed by atoms with Gasteiger partial charge in [0.2, 0.25) is 5.88 Å². The number of nitriles is 1. The van der Waals surface area contributed by atoms with E-state index in [0.717, 1.165) is 55.3 Å². The Bertz CT molecular complexity index is 1360. The largest absolute Gasteiger partial charge is 0.477 e. The van der Waals surface area contributed by atoms with Gasteiger partial charge in [-0.2, -0.15) is 5.26 Å². The van der Waals surface area contributed by atoms with E-state index >= 15 is 0 Å². The van der Waals surface area contributed by atoms with Gasteiger partial charge in [0.15, 0.2) is 6.19 Å². The first-order valence-electron chi connectivity index (χ1n) is 14.0. The van der Waals surface area contributed by atoms with Crippen molar-refractivity contribution in [3.63, 3.8) is 0 Å². The van der Waals surface area contributed by atoms with Crippen LogP contribution >= 0.6 is 0 Å². The number of nitrogens with zero attached hydrogens (tertiary/aromatic N) is 5. The van der Waals surface area contributed by atoms with E-state index < -0.39 is 6.04 Å². The SMILES string of the molecule is CN(c1ccc(C(C)(C)C)cc1)C(C(=O)Nc1cnc2c(c1)CCCO2)c1cccnc1.N#CN1CCCC1C=O. The molecule has 2 atom stereocenters. The van der Waals surface area contributed by atoms with Gasteiger partial charge in [-0.25, -0.2) is 4.98 Å². The molecule has 1 aromatic carbocycles. The van der Waals surface area contributed by atoms with Crippen LogP contribution in [0.5, 0.6) is 5.88 Å². The van der Waals surface area contributed by atoms with Crippen LogP contribution in [0.3, 0.4) is 0 Å². The number of rotatable bonds is 6. The summed E-state index contributed by atoms with van der Waals surface area (Å²) in [5, 5.41) is 11.4. The van der Waals surface area contributed by atoms with Gasteiger partial charge >= 0.3 is 0 Å². The molecule has 9 heteroatoms. The summed E-state index contributed by atoms with van der Waals surface area (Å²) in [7, 11) is 1.93. The molecule has 2 aliphatic heterocycles. The molecule has 2 aliphatic rings. The van der Waals surface area contributed by atoms with Crippen LogP contribution in [0.15, 0.2) is 61.1 Å². The van der Waals surface area contributed by atoms with Crippen LogP contribution in [0.2, 0.25) is 0 Å². The number of hydrogen-bond acceptors (Lipinski definition) is 8. The van der Waals surface area contributed by atoms with Crippen molar-refractivity contribution >= 4 is 23.6 Å². The fourth-order valence-corrected chi connectivity index (χ4v) is 5.01. The molecular weight excluding hydrogens is 516 g/mol. The van der Waals surface area contributed by atoms with Gasteiger partial charge in [-0.1, -0.05) is 39.0 Å². The number of aldehydes is 1. The van der Waals surface area contributed by atoms with Gasteiger partial charge in [-0.3, -0.25) is 9.78 Å². The van der Waals surface area contributed by atoms with Gasteiger partial charge < -0.3 is 24.6 Å². The standard InChI is InChI=1S/C26H30N4O2.C6H8N2O/c1-26(2,3)20-9-11-22(12-10-20)30(4)23(19-7-5-13-27-16-19)24(31)29-21-15-18-8-6-14-32-25(18)28-17-21;7-5-8-3-1-2-6(8)4-9/h5,7,9-13,15-17,23H,6,8,14H2,1-4H3,(H,29,31);4,6H,1-3H2. The zero-order valence-corrected chi connectivity index (χ0v) is 24.2. The molecule has 1 N–H and O–H groups in total. The Morgan fingerprint density at radius 2 is 2.00 bits per heavy atom. The molecule has 0 saturated carbocycles. The summed E-state index contributed by atoms with van der Waals surface area (Å²) in [5.41, 5.74) is 4.79. The Kier molecular flexibility index (Phi) is 9.56. The second kappa shape index (κ2) is 13.3. The maximum absolute atomic E-state index is 13.5. The van der Waals surface area contributed by atoms with Crippen LogP contribution in [0.25, 0.3) is 0 Å². The number of likely N-dealkylation sites (tertiary alicyclic amines) is 1. The Morgan fingerprint density at radius 3 is 2.63 bits per heavy atom. The predicted octanol–water partition coefficient (Wildman–Crippen LogP) is 5.05. The van der Waals surface area contributed by atoms with Crippen molar-refractivity contribution in [3.05, 3.63) is 77.7 Å². The molecule has 2 unspecified atom stereocenters. The second-order valence-electron chi connectivity index (χ2n) is 11.4. The van der Waals surface area contributed by atoms with Gasteiger partial charge in [-0.15, -0.1) is 0 Å². The fourth-order valence-electron chi connectivity index (χ4n) is 5.01. The molecule has 2 aromatic heterocycles. The Hall–Kier alpha value is -4.45. The summed E-state index contributed by atoms with van der Waals surface area (Å²) in [6.45, 7) is 8.01. The first-order chi connectivity index (χ1) is 19.7. The molecule has 0 spiro atoms. The van der Waals surface area contributed by atoms with Crippen molar-refractivity contribution in [3.8, 4) is 12.1 Å². The predicted molar refractivity (Wildman–Crippen MR) is 159 cm³/mol. The minimum Gasteiger partial charge on any atom is -0.477 e. The smallest absolute Gasteiger partial charge is 0.251 e. The number of anilines is 2. The molecule has 5 rings (SSSR count). The average molecular weight is 555 g/mol. The third-order valence-electron chi connectivity index (χ3n) is 7.38. The van der Waals surface area contributed by atoms with Crippen molar-refractivity contribution in [1.82, 2.24) is 14.9 Å². The van der Waals surface area contributed by atoms with Crippen molar-refractivity contribution in [2.24, 2.45) is 0 Å². The number of amides is 1. The van der Waals surface area contributed by atoms with Crippen LogP contribution in [0.4, 0.5) is 11.4 Å². The molecule has 3 aromatic rings. The Balaban J connectivity index is 0.000000367. The van der Waals surface area contributed by atoms with Crippen molar-refractivity contribution in [2.45, 2.75) is 64.0 Å². The van der Waals surface area contributed by atoms with Crippen LogP contribution in [0.1, 0.15) is 62.8 Å². The van der Waals surface area contributed by atoms with E-state index in [0.29, 0.717) is 18.2 Å². The number of ether oxygens (including phenoxy) is 1. The van der Waals surface area contributed by atoms with Crippen LogP contribution in [-0.4, -0.2) is 53.3 Å². The van der Waals surface area contributed by atoms with Gasteiger partial charge in [0.1, 0.15) is 12.3 Å². The highest BCUT2D eigenvalue weighted by Gasteiger charge is 2.27. The molecule has 0 bridgehead atoms. The normalized spacial score (nSPS) is 16.7. The summed E-state index contributed by atoms with van der Waals surface area (Å²) in [5.74, 6) is 0.521. The number of carbonyl (C=O) groups is 2. The number of hydrogen-bond donors (Lipinski definition) is 1. The fraction of sp³-hybridized carbons (Fsp3) is 0.406. The van der Waals surface area contributed by atoms with Crippen LogP contribution < -0.4 is 15.0 Å². The number of nitrogens with one attached hydrogen (secondary N) is 1. The van der Waals surface area contributed by atoms with Crippen LogP contribution in [0, 0.1) is 11.5 Å². The van der Waals surface area contributed by atoms with Gasteiger partial charge in [0.25, 0.3) is 5.91 Å². The third kappa shape index (κ3) is 7.40. The number of likely N-dealkylation sites (N-methyl/N-ethyl adjacent to an activating group) is 1. The lowest BCUT2D eigenvalue weighted by molar-refractivity contribution is -0.117. The lowest BCUT2D eigenvalue weighted by Crippen LogP contribution is -2.35. The summed E-state index contributed by atoms with van der Waals surface area (Å²) in [6.07, 6.45) is 11.6. The topological polar surface area (TPSA) is 111 Å². The van der Waals surface area contributed by atoms with E-state index in [9.17, 15) is 9.59 Å². The molecule has 4 heterocycles. The van der Waals surface area contributed by atoms with E-state index in [1.165, 1.54) is 10.5 Å². The lowest BCUT2D eigenvalue weighted by Gasteiger charge is -2.30. The number of aryl methyl sites for hydroxylation is 1. The van der Waals surface area contributed by atoms with Crippen molar-refractivity contribution in [2.75, 3.05) is 30.4 Å². The van der Waals surface area contributed by atoms with Gasteiger partial charge in [-0.05, 0) is 60.9 Å². The van der Waals surface area contributed by atoms with E-state index in [-0.39, 0.29) is 17.4 Å². The van der Waals surface area contributed by atoms with E-state index in [2.05, 4.69) is 60.3 Å². The summed E-state index contributed by atoms with van der Waals surface area (Å²) in [6, 6.07) is 13.4. The second-order valence-corrected chi connectivity index (χ2v) is 11.4. The first-order valence-corrected chi connectivity index (χ1v) is 14.0. The van der Waals surface area contributed by atoms with Gasteiger partial charge in [0.05, 0.1) is 24.5 Å². The Morgan fingerprint density at radius 1 is 1.22 bits per heavy atom. The van der Waals surface area contributed by atoms with E-state index in [4.69, 9.17) is 10.00 Å². The van der Waals surface area contributed by atoms with Gasteiger partial charge in [0, 0.05) is 42.8 Å². The quantitative estimate of drug-likeness (QED) is 0.333. The molecule has 214 valence electrons. The zero-order valence-electron chi connectivity index (χ0n) is 24.2. The number of benzene rings is 1. The number of aromatic nitrogens is 2. The monoisotopic (exact) mass is 554 g/mol. The lowest BCUT2D eigenvalue weighted by atomic mass is 9.87. The molecular formula is C32H38N6O3. The van der Waals surface area contributed by atoms with Crippen molar-refractivity contribution < 1.29 is 14.3 Å². The average Bonchev–Trinajstić information content (AvgIpc) is 3.46. The van der Waals surface area contributed by atoms with Crippen LogP contribution in [-0.2, 0) is 21.4 Å². The number of fused-ring (bicyclic) bond motifs is 1. The Labute approximate surface area is 242 Å². The molecule has 0 aliphatic carbocycles. The van der Waals surface area contributed by atoms with Crippen molar-refractivity contribution in [1.29, 1.82) is 5.26 Å². The highest BCUT2D eigenvalue weighted by molar-refractivity contribution is 5.97. The summed E-state index contributed by atoms with van der Waals surface area (Å²) in [4.78, 5) is 35.8. The molecule has 1 saturated heterocycles. The van der Waals surface area contributed by atoms with E-state index in [1.807, 2.05) is 36.3 Å². The minimum absolute atomic E-state index is 0.0698. The first kappa shape index (κ1) is 29.5. The third-order valence-corrected chi connectivity index (χ3v) is 7.38. The number of carbonyl (C=O) groups excluding carboxylic acids is 2. The maximum atomic E-state index is 13.5. The molecule has 0 radical (unpaired) electrons. The molecule has 1 amide bonds. The highest BCUT2D eigenvalue weighted by atomic mass is 16.5. The van der Waals surface area contributed by atoms with E-state index in [1.54, 1.807) is 18.6 Å². The molecule has 1 fully saturated rings. The number of pyridine rings is 2.